The van der Waals surface area contributed by atoms with Gasteiger partial charge >= 0.3 is 92.0 Å². The van der Waals surface area contributed by atoms with Crippen LogP contribution in [0.15, 0.2) is 64.8 Å². The van der Waals surface area contributed by atoms with Crippen molar-refractivity contribution >= 4 is 33.3 Å². The zero-order valence-electron chi connectivity index (χ0n) is 20.1. The zero-order valence-corrected chi connectivity index (χ0v) is 22.7. The largest absolute Gasteiger partial charge is 1.00 e. The number of aryl methyl sites for hydroxylation is 4. The third kappa shape index (κ3) is 8.72. The van der Waals surface area contributed by atoms with Crippen molar-refractivity contribution < 1.29 is 28.4 Å². The Hall–Kier alpha value is -1.97. The summed E-state index contributed by atoms with van der Waals surface area (Å²) in [6.07, 6.45) is 5.66. The van der Waals surface area contributed by atoms with Crippen LogP contribution in [0.5, 0.6) is 0 Å². The van der Waals surface area contributed by atoms with E-state index in [4.69, 9.17) is 16.6 Å². The summed E-state index contributed by atoms with van der Waals surface area (Å²) >= 11 is 9.77. The van der Waals surface area contributed by atoms with Crippen LogP contribution in [0.1, 0.15) is 55.5 Å². The van der Waals surface area contributed by atoms with E-state index in [-0.39, 0.29) is 12.4 Å². The summed E-state index contributed by atoms with van der Waals surface area (Å²) in [6, 6.07) is 14.4. The van der Waals surface area contributed by atoms with E-state index in [0.29, 0.717) is 5.02 Å². The standard InChI is InChI=1S/C17H20N2.C10H11ClN.ClH.Fe/c1-4-14-8-6-9-15(5-2)17(14)19-13(3)16-10-7-11-18-12-16;1-4-12-10-8(3)5-7(2)6-9(10)11;;/h6-12H,4-5H2,1-3H3;5-6H,1-3H3;1H;/q;;;+1/p-1. The predicted molar refractivity (Wildman–Crippen MR) is 135 cm³/mol. The second kappa shape index (κ2) is 14.3. The van der Waals surface area contributed by atoms with Gasteiger partial charge < -0.3 is 12.4 Å². The van der Waals surface area contributed by atoms with Gasteiger partial charge in [-0.3, -0.25) is 9.98 Å². The Morgan fingerprint density at radius 1 is 0.939 bits per heavy atom. The maximum atomic E-state index is 6.04. The molecular weight excluding hydrogens is 493 g/mol. The number of benzene rings is 2. The molecule has 0 saturated heterocycles. The van der Waals surface area contributed by atoms with E-state index in [0.717, 1.165) is 51.2 Å². The van der Waals surface area contributed by atoms with Crippen molar-refractivity contribution in [2.24, 2.45) is 9.98 Å². The summed E-state index contributed by atoms with van der Waals surface area (Å²) in [4.78, 5) is 13.3. The van der Waals surface area contributed by atoms with E-state index >= 15 is 0 Å². The maximum absolute atomic E-state index is 6.04. The number of pyridine rings is 1. The number of aliphatic imine (C=N–C) groups is 2. The molecule has 0 N–H and O–H groups in total. The van der Waals surface area contributed by atoms with Gasteiger partial charge in [-0.2, -0.15) is 0 Å². The minimum Gasteiger partial charge on any atom is -1.00 e. The van der Waals surface area contributed by atoms with Crippen LogP contribution in [0.3, 0.4) is 0 Å². The number of halogens is 2. The van der Waals surface area contributed by atoms with E-state index in [9.17, 15) is 0 Å². The van der Waals surface area contributed by atoms with Gasteiger partial charge in [-0.15, -0.1) is 0 Å². The first-order chi connectivity index (χ1) is 15.3. The second-order valence-electron chi connectivity index (χ2n) is 7.57. The Morgan fingerprint density at radius 2 is 1.58 bits per heavy atom. The molecule has 0 radical (unpaired) electrons. The summed E-state index contributed by atoms with van der Waals surface area (Å²) in [6.45, 7) is 12.3. The van der Waals surface area contributed by atoms with E-state index in [1.807, 2.05) is 52.1 Å². The van der Waals surface area contributed by atoms with Crippen molar-refractivity contribution in [3.8, 4) is 0 Å². The second-order valence-corrected chi connectivity index (χ2v) is 8.78. The summed E-state index contributed by atoms with van der Waals surface area (Å²) in [5.74, 6) is 0. The molecule has 0 aliphatic heterocycles. The maximum Gasteiger partial charge on any atom is -1.00 e. The molecule has 0 aliphatic carbocycles. The molecule has 6 heteroatoms. The van der Waals surface area contributed by atoms with Crippen molar-refractivity contribution in [3.63, 3.8) is 0 Å². The van der Waals surface area contributed by atoms with Crippen molar-refractivity contribution in [2.45, 2.75) is 54.4 Å². The summed E-state index contributed by atoms with van der Waals surface area (Å²) in [5, 5.41) is 0.695. The first kappa shape index (κ1) is 29.1. The van der Waals surface area contributed by atoms with Gasteiger partial charge in [-0.05, 0) is 37.0 Å². The van der Waals surface area contributed by atoms with Crippen molar-refractivity contribution in [3.05, 3.63) is 87.7 Å². The average Bonchev–Trinajstić information content (AvgIpc) is 2.77. The van der Waals surface area contributed by atoms with E-state index in [2.05, 4.69) is 64.1 Å². The smallest absolute Gasteiger partial charge is 1.00 e. The van der Waals surface area contributed by atoms with Crippen LogP contribution in [0, 0.1) is 13.8 Å². The predicted octanol–water partition coefficient (Wildman–Crippen LogP) is 4.90. The Labute approximate surface area is 218 Å². The molecule has 3 rings (SSSR count). The van der Waals surface area contributed by atoms with Crippen LogP contribution < -0.4 is 12.4 Å². The van der Waals surface area contributed by atoms with Gasteiger partial charge in [0.25, 0.3) is 0 Å². The van der Waals surface area contributed by atoms with Gasteiger partial charge in [0.05, 0.1) is 5.69 Å². The molecule has 1 heterocycles. The molecule has 0 aliphatic rings. The molecule has 0 amide bonds. The monoisotopic (exact) mass is 523 g/mol. The third-order valence-corrected chi connectivity index (χ3v) is 5.40. The molecule has 0 unspecified atom stereocenters. The Balaban J connectivity index is 0.000000343. The van der Waals surface area contributed by atoms with Gasteiger partial charge in [0.1, 0.15) is 0 Å². The molecule has 1 aromatic heterocycles. The van der Waals surface area contributed by atoms with Crippen molar-refractivity contribution in [2.75, 3.05) is 0 Å². The topological polar surface area (TPSA) is 37.6 Å². The summed E-state index contributed by atoms with van der Waals surface area (Å²) in [7, 11) is 0. The first-order valence-electron chi connectivity index (χ1n) is 10.8. The molecule has 3 nitrogen and oxygen atoms in total. The van der Waals surface area contributed by atoms with E-state index < -0.39 is 0 Å². The number of para-hydroxylation sites is 1. The van der Waals surface area contributed by atoms with E-state index in [1.165, 1.54) is 11.1 Å². The van der Waals surface area contributed by atoms with Crippen LogP contribution in [-0.4, -0.2) is 15.3 Å². The quantitative estimate of drug-likeness (QED) is 0.346. The van der Waals surface area contributed by atoms with Gasteiger partial charge in [-0.25, -0.2) is 0 Å². The summed E-state index contributed by atoms with van der Waals surface area (Å²) in [5.41, 5.74) is 8.93. The molecule has 0 spiro atoms. The third-order valence-electron chi connectivity index (χ3n) is 4.99. The fourth-order valence-electron chi connectivity index (χ4n) is 3.37. The van der Waals surface area contributed by atoms with Gasteiger partial charge in [0.2, 0.25) is 0 Å². The molecule has 176 valence electrons. The van der Waals surface area contributed by atoms with Crippen LogP contribution >= 0.6 is 11.6 Å². The Kier molecular flexibility index (Phi) is 12.6. The Bertz CT molecular complexity index is 1060. The van der Waals surface area contributed by atoms with Gasteiger partial charge in [-0.1, -0.05) is 38.1 Å². The molecule has 0 saturated carbocycles. The Morgan fingerprint density at radius 3 is 2.06 bits per heavy atom. The molecule has 3 aromatic rings. The molecular formula is C27H31Cl2FeN3. The minimum atomic E-state index is 0. The fourth-order valence-corrected chi connectivity index (χ4v) is 3.86. The molecule has 0 atom stereocenters. The van der Waals surface area contributed by atoms with Crippen LogP contribution in [0.25, 0.3) is 0 Å². The van der Waals surface area contributed by atoms with Gasteiger partial charge in [0.15, 0.2) is 0 Å². The molecule has 0 fully saturated rings. The van der Waals surface area contributed by atoms with Crippen molar-refractivity contribution in [1.29, 1.82) is 0 Å². The molecule has 33 heavy (non-hydrogen) atoms. The number of nitrogens with zero attached hydrogens (tertiary/aromatic N) is 3. The number of rotatable bonds is 5. The first-order valence-corrected chi connectivity index (χ1v) is 11.7. The normalized spacial score (nSPS) is 11.4. The molecule has 2 aromatic carbocycles. The average molecular weight is 524 g/mol. The van der Waals surface area contributed by atoms with Crippen LogP contribution in [0.4, 0.5) is 11.4 Å². The number of hydrogen-bond acceptors (Lipinski definition) is 3. The number of aromatic nitrogens is 1. The fraction of sp³-hybridized carbons (Fsp3) is 0.296. The molecule has 0 bridgehead atoms. The van der Waals surface area contributed by atoms with Crippen LogP contribution in [0.2, 0.25) is 5.02 Å². The SMILES string of the molecule is CCc1cccc(CC)c1N=C(C)c1cccnc1.C[C]([Fe+])=Nc1c(C)cc(C)cc1Cl.[Cl-]. The summed E-state index contributed by atoms with van der Waals surface area (Å²) < 4.78 is 0.772. The minimum absolute atomic E-state index is 0. The van der Waals surface area contributed by atoms with Gasteiger partial charge in [0, 0.05) is 23.7 Å². The van der Waals surface area contributed by atoms with Crippen LogP contribution in [-0.2, 0) is 28.9 Å². The van der Waals surface area contributed by atoms with Crippen molar-refractivity contribution in [1.82, 2.24) is 4.98 Å². The zero-order chi connectivity index (χ0) is 23.7. The number of hydrogen-bond donors (Lipinski definition) is 0. The van der Waals surface area contributed by atoms with E-state index in [1.54, 1.807) is 6.20 Å².